The molecular weight excluding hydrogens is 302 g/mol. The standard InChI is InChI=1S/C16H27NO6/c1-13(2)7-16(8-14(3,4)17-13)22-9-15(10-23-16,5-11(18)19)6-12(20)21/h17H,5-10H2,1-4H3,(H,18,19)(H,20,21). The minimum absolute atomic E-state index is 0.0811. The van der Waals surface area contributed by atoms with Crippen LogP contribution in [0.1, 0.15) is 53.4 Å². The van der Waals surface area contributed by atoms with Crippen LogP contribution < -0.4 is 5.32 Å². The second-order valence-corrected chi connectivity index (χ2v) is 8.38. The molecule has 0 bridgehead atoms. The number of carboxylic acid groups (broad SMARTS) is 2. The van der Waals surface area contributed by atoms with Crippen LogP contribution in [0.15, 0.2) is 0 Å². The monoisotopic (exact) mass is 329 g/mol. The van der Waals surface area contributed by atoms with E-state index in [1.165, 1.54) is 0 Å². The summed E-state index contributed by atoms with van der Waals surface area (Å²) in [5.74, 6) is -2.88. The van der Waals surface area contributed by atoms with Crippen LogP contribution >= 0.6 is 0 Å². The molecule has 0 radical (unpaired) electrons. The fraction of sp³-hybridized carbons (Fsp3) is 0.875. The van der Waals surface area contributed by atoms with Crippen LogP contribution in [-0.4, -0.2) is 52.2 Å². The van der Waals surface area contributed by atoms with Gasteiger partial charge in [-0.15, -0.1) is 0 Å². The molecule has 2 fully saturated rings. The highest BCUT2D eigenvalue weighted by Crippen LogP contribution is 2.45. The van der Waals surface area contributed by atoms with Crippen molar-refractivity contribution in [3.63, 3.8) is 0 Å². The Kier molecular flexibility index (Phi) is 4.52. The quantitative estimate of drug-likeness (QED) is 0.719. The van der Waals surface area contributed by atoms with Crippen molar-refractivity contribution in [3.8, 4) is 0 Å². The first-order valence-corrected chi connectivity index (χ1v) is 7.88. The molecule has 2 aliphatic rings. The Morgan fingerprint density at radius 3 is 1.65 bits per heavy atom. The van der Waals surface area contributed by atoms with E-state index >= 15 is 0 Å². The molecule has 2 heterocycles. The van der Waals surface area contributed by atoms with Gasteiger partial charge in [-0.2, -0.15) is 0 Å². The van der Waals surface area contributed by atoms with Crippen molar-refractivity contribution < 1.29 is 29.3 Å². The summed E-state index contributed by atoms with van der Waals surface area (Å²) in [6, 6.07) is 0. The number of piperidine rings is 1. The lowest BCUT2D eigenvalue weighted by molar-refractivity contribution is -0.329. The van der Waals surface area contributed by atoms with E-state index in [0.29, 0.717) is 12.8 Å². The smallest absolute Gasteiger partial charge is 0.304 e. The summed E-state index contributed by atoms with van der Waals surface area (Å²) in [4.78, 5) is 22.2. The number of aliphatic carboxylic acids is 2. The Hall–Kier alpha value is -1.18. The SMILES string of the molecule is CC1(C)CC2(CC(C)(C)N1)OCC(CC(=O)O)(CC(=O)O)CO2. The van der Waals surface area contributed by atoms with E-state index in [-0.39, 0.29) is 37.1 Å². The Balaban J connectivity index is 2.17. The van der Waals surface area contributed by atoms with Gasteiger partial charge in [0.15, 0.2) is 5.79 Å². The van der Waals surface area contributed by atoms with E-state index in [1.54, 1.807) is 0 Å². The molecule has 0 amide bonds. The number of hydrogen-bond donors (Lipinski definition) is 3. The zero-order valence-corrected chi connectivity index (χ0v) is 14.3. The van der Waals surface area contributed by atoms with Gasteiger partial charge in [0, 0.05) is 29.3 Å². The summed E-state index contributed by atoms with van der Waals surface area (Å²) in [7, 11) is 0. The number of hydrogen-bond acceptors (Lipinski definition) is 5. The third-order valence-electron chi connectivity index (χ3n) is 4.43. The minimum Gasteiger partial charge on any atom is -0.481 e. The lowest BCUT2D eigenvalue weighted by Gasteiger charge is -2.55. The van der Waals surface area contributed by atoms with E-state index in [2.05, 4.69) is 33.0 Å². The molecule has 132 valence electrons. The zero-order chi connectivity index (χ0) is 17.5. The molecule has 0 atom stereocenters. The third kappa shape index (κ3) is 4.43. The zero-order valence-electron chi connectivity index (χ0n) is 14.3. The van der Waals surface area contributed by atoms with E-state index in [9.17, 15) is 9.59 Å². The first-order valence-electron chi connectivity index (χ1n) is 7.88. The number of rotatable bonds is 4. The molecule has 2 saturated heterocycles. The maximum Gasteiger partial charge on any atom is 0.304 e. The second-order valence-electron chi connectivity index (χ2n) is 8.38. The van der Waals surface area contributed by atoms with Gasteiger partial charge in [0.2, 0.25) is 0 Å². The van der Waals surface area contributed by atoms with Crippen LogP contribution in [0.25, 0.3) is 0 Å². The van der Waals surface area contributed by atoms with Crippen LogP contribution in [0.5, 0.6) is 0 Å². The second kappa shape index (κ2) is 5.72. The molecule has 0 aromatic carbocycles. The van der Waals surface area contributed by atoms with Gasteiger partial charge in [-0.1, -0.05) is 0 Å². The van der Waals surface area contributed by atoms with Gasteiger partial charge in [0.1, 0.15) is 0 Å². The summed E-state index contributed by atoms with van der Waals surface area (Å²) < 4.78 is 12.0. The van der Waals surface area contributed by atoms with Crippen molar-refractivity contribution in [2.24, 2.45) is 5.41 Å². The van der Waals surface area contributed by atoms with Crippen LogP contribution in [0.4, 0.5) is 0 Å². The van der Waals surface area contributed by atoms with Crippen molar-refractivity contribution in [2.75, 3.05) is 13.2 Å². The summed E-state index contributed by atoms with van der Waals surface area (Å²) in [6.07, 6.45) is 0.695. The number of carboxylic acids is 2. The van der Waals surface area contributed by atoms with E-state index in [4.69, 9.17) is 19.7 Å². The highest BCUT2D eigenvalue weighted by atomic mass is 16.7. The highest BCUT2D eigenvalue weighted by molar-refractivity contribution is 5.72. The molecule has 0 aromatic heterocycles. The van der Waals surface area contributed by atoms with Crippen LogP contribution in [0.3, 0.4) is 0 Å². The van der Waals surface area contributed by atoms with Gasteiger partial charge in [-0.3, -0.25) is 9.59 Å². The average molecular weight is 329 g/mol. The first-order chi connectivity index (χ1) is 10.4. The van der Waals surface area contributed by atoms with Crippen molar-refractivity contribution in [1.29, 1.82) is 0 Å². The molecule has 7 heteroatoms. The molecule has 3 N–H and O–H groups in total. The van der Waals surface area contributed by atoms with Crippen LogP contribution in [0, 0.1) is 5.41 Å². The lowest BCUT2D eigenvalue weighted by atomic mass is 9.76. The molecule has 0 saturated carbocycles. The first kappa shape index (κ1) is 18.2. The fourth-order valence-corrected chi connectivity index (χ4v) is 4.18. The average Bonchev–Trinajstić information content (AvgIpc) is 2.28. The predicted molar refractivity (Wildman–Crippen MR) is 82.1 cm³/mol. The van der Waals surface area contributed by atoms with Crippen molar-refractivity contribution >= 4 is 11.9 Å². The summed E-state index contributed by atoms with van der Waals surface area (Å²) in [6.45, 7) is 8.43. The number of nitrogens with one attached hydrogen (secondary N) is 1. The van der Waals surface area contributed by atoms with Crippen molar-refractivity contribution in [3.05, 3.63) is 0 Å². The summed E-state index contributed by atoms with van der Waals surface area (Å²) in [5, 5.41) is 21.7. The Morgan fingerprint density at radius 1 is 0.913 bits per heavy atom. The lowest BCUT2D eigenvalue weighted by Crippen LogP contribution is -2.67. The molecule has 0 unspecified atom stereocenters. The fourth-order valence-electron chi connectivity index (χ4n) is 4.18. The number of carbonyl (C=O) groups is 2. The third-order valence-corrected chi connectivity index (χ3v) is 4.43. The van der Waals surface area contributed by atoms with Gasteiger partial charge in [0.25, 0.3) is 0 Å². The van der Waals surface area contributed by atoms with Crippen molar-refractivity contribution in [2.45, 2.75) is 70.2 Å². The number of ether oxygens (including phenoxy) is 2. The Bertz CT molecular complexity index is 455. The van der Waals surface area contributed by atoms with Gasteiger partial charge in [-0.05, 0) is 27.7 Å². The van der Waals surface area contributed by atoms with Crippen LogP contribution in [0.2, 0.25) is 0 Å². The molecule has 23 heavy (non-hydrogen) atoms. The topological polar surface area (TPSA) is 105 Å². The molecule has 7 nitrogen and oxygen atoms in total. The van der Waals surface area contributed by atoms with E-state index in [1.807, 2.05) is 0 Å². The van der Waals surface area contributed by atoms with Gasteiger partial charge in [-0.25, -0.2) is 0 Å². The minimum atomic E-state index is -1.04. The Morgan fingerprint density at radius 2 is 1.30 bits per heavy atom. The highest BCUT2D eigenvalue weighted by Gasteiger charge is 2.54. The molecule has 0 aliphatic carbocycles. The predicted octanol–water partition coefficient (Wildman–Crippen LogP) is 1.61. The maximum absolute atomic E-state index is 11.1. The molecule has 2 aliphatic heterocycles. The molecule has 0 aromatic rings. The van der Waals surface area contributed by atoms with Crippen molar-refractivity contribution in [1.82, 2.24) is 5.32 Å². The van der Waals surface area contributed by atoms with Gasteiger partial charge >= 0.3 is 11.9 Å². The Labute approximate surface area is 136 Å². The van der Waals surface area contributed by atoms with Crippen LogP contribution in [-0.2, 0) is 19.1 Å². The normalized spacial score (nSPS) is 27.5. The summed E-state index contributed by atoms with van der Waals surface area (Å²) in [5.41, 5.74) is -1.40. The molecule has 2 rings (SSSR count). The van der Waals surface area contributed by atoms with Gasteiger partial charge < -0.3 is 25.0 Å². The molecular formula is C16H27NO6. The maximum atomic E-state index is 11.1. The molecule has 1 spiro atoms. The summed E-state index contributed by atoms with van der Waals surface area (Å²) >= 11 is 0. The van der Waals surface area contributed by atoms with E-state index in [0.717, 1.165) is 0 Å². The van der Waals surface area contributed by atoms with Gasteiger partial charge in [0.05, 0.1) is 26.1 Å². The van der Waals surface area contributed by atoms with E-state index < -0.39 is 23.1 Å². The largest absolute Gasteiger partial charge is 0.481 e.